The third kappa shape index (κ3) is 3.26. The molecular weight excluding hydrogens is 230 g/mol. The molecule has 1 fully saturated rings. The largest absolute Gasteiger partial charge is 0.465 e. The summed E-state index contributed by atoms with van der Waals surface area (Å²) in [7, 11) is 0. The predicted octanol–water partition coefficient (Wildman–Crippen LogP) is 1.39. The topological polar surface area (TPSA) is 55.3 Å². The molecule has 0 bridgehead atoms. The Morgan fingerprint density at radius 1 is 1.50 bits per heavy atom. The molecule has 0 aromatic carbocycles. The number of hydrogen-bond acceptors (Lipinski definition) is 5. The molecule has 1 aromatic heterocycles. The van der Waals surface area contributed by atoms with Crippen LogP contribution in [0.1, 0.15) is 31.9 Å². The van der Waals surface area contributed by atoms with Crippen molar-refractivity contribution in [2.75, 3.05) is 13.2 Å². The number of nitrogens with zero attached hydrogens (tertiary/aromatic N) is 3. The fourth-order valence-electron chi connectivity index (χ4n) is 2.31. The highest BCUT2D eigenvalue weighted by molar-refractivity contribution is 5.75. The SMILES string of the molecule is CCOC(=O)C1CCCCN1Cc1cnccn1. The number of likely N-dealkylation sites (tertiary alicyclic amines) is 1. The van der Waals surface area contributed by atoms with Crippen LogP contribution in [-0.2, 0) is 16.1 Å². The second-order valence-electron chi connectivity index (χ2n) is 4.43. The maximum Gasteiger partial charge on any atom is 0.323 e. The van der Waals surface area contributed by atoms with Crippen molar-refractivity contribution in [2.24, 2.45) is 0 Å². The van der Waals surface area contributed by atoms with E-state index in [0.29, 0.717) is 13.2 Å². The normalized spacial score (nSPS) is 20.6. The average Bonchev–Trinajstić information content (AvgIpc) is 2.41. The molecule has 1 unspecified atom stereocenters. The Hall–Kier alpha value is -1.49. The lowest BCUT2D eigenvalue weighted by Gasteiger charge is -2.33. The summed E-state index contributed by atoms with van der Waals surface area (Å²) >= 11 is 0. The van der Waals surface area contributed by atoms with Crippen molar-refractivity contribution < 1.29 is 9.53 Å². The molecule has 18 heavy (non-hydrogen) atoms. The van der Waals surface area contributed by atoms with Crippen LogP contribution in [0, 0.1) is 0 Å². The van der Waals surface area contributed by atoms with E-state index < -0.39 is 0 Å². The van der Waals surface area contributed by atoms with E-state index in [0.717, 1.165) is 31.5 Å². The van der Waals surface area contributed by atoms with E-state index in [1.165, 1.54) is 0 Å². The minimum absolute atomic E-state index is 0.110. The lowest BCUT2D eigenvalue weighted by atomic mass is 10.0. The van der Waals surface area contributed by atoms with Crippen LogP contribution in [0.15, 0.2) is 18.6 Å². The third-order valence-electron chi connectivity index (χ3n) is 3.15. The van der Waals surface area contributed by atoms with Gasteiger partial charge in [0.05, 0.1) is 12.3 Å². The zero-order valence-electron chi connectivity index (χ0n) is 10.7. The van der Waals surface area contributed by atoms with Gasteiger partial charge >= 0.3 is 5.97 Å². The quantitative estimate of drug-likeness (QED) is 0.755. The van der Waals surface area contributed by atoms with Crippen LogP contribution in [0.4, 0.5) is 0 Å². The van der Waals surface area contributed by atoms with Crippen LogP contribution < -0.4 is 0 Å². The molecular formula is C13H19N3O2. The van der Waals surface area contributed by atoms with Crippen molar-refractivity contribution in [1.29, 1.82) is 0 Å². The highest BCUT2D eigenvalue weighted by atomic mass is 16.5. The van der Waals surface area contributed by atoms with E-state index in [2.05, 4.69) is 14.9 Å². The molecule has 1 saturated heterocycles. The molecule has 0 amide bonds. The van der Waals surface area contributed by atoms with Gasteiger partial charge in [-0.3, -0.25) is 19.7 Å². The van der Waals surface area contributed by atoms with Gasteiger partial charge in [0.2, 0.25) is 0 Å². The summed E-state index contributed by atoms with van der Waals surface area (Å²) in [5.74, 6) is -0.110. The van der Waals surface area contributed by atoms with E-state index >= 15 is 0 Å². The van der Waals surface area contributed by atoms with Crippen molar-refractivity contribution in [1.82, 2.24) is 14.9 Å². The Kier molecular flexibility index (Phi) is 4.64. The summed E-state index contributed by atoms with van der Waals surface area (Å²) in [5.41, 5.74) is 0.897. The van der Waals surface area contributed by atoms with Crippen molar-refractivity contribution in [3.63, 3.8) is 0 Å². The van der Waals surface area contributed by atoms with Crippen LogP contribution >= 0.6 is 0 Å². The minimum Gasteiger partial charge on any atom is -0.465 e. The molecule has 0 spiro atoms. The minimum atomic E-state index is -0.124. The Bertz CT molecular complexity index is 383. The summed E-state index contributed by atoms with van der Waals surface area (Å²) < 4.78 is 5.13. The van der Waals surface area contributed by atoms with Gasteiger partial charge in [0, 0.05) is 25.1 Å². The molecule has 2 heterocycles. The van der Waals surface area contributed by atoms with Crippen LogP contribution in [0.3, 0.4) is 0 Å². The Balaban J connectivity index is 2.01. The summed E-state index contributed by atoms with van der Waals surface area (Å²) in [5, 5.41) is 0. The van der Waals surface area contributed by atoms with Crippen LogP contribution in [0.5, 0.6) is 0 Å². The number of piperidine rings is 1. The molecule has 0 radical (unpaired) electrons. The molecule has 5 heteroatoms. The number of ether oxygens (including phenoxy) is 1. The van der Waals surface area contributed by atoms with Crippen molar-refractivity contribution in [3.05, 3.63) is 24.3 Å². The highest BCUT2D eigenvalue weighted by Crippen LogP contribution is 2.19. The first-order valence-electron chi connectivity index (χ1n) is 6.47. The van der Waals surface area contributed by atoms with Gasteiger partial charge in [-0.15, -0.1) is 0 Å². The highest BCUT2D eigenvalue weighted by Gasteiger charge is 2.29. The molecule has 0 saturated carbocycles. The van der Waals surface area contributed by atoms with Gasteiger partial charge in [-0.05, 0) is 26.3 Å². The Morgan fingerprint density at radius 3 is 3.11 bits per heavy atom. The Morgan fingerprint density at radius 2 is 2.39 bits per heavy atom. The van der Waals surface area contributed by atoms with E-state index in [9.17, 15) is 4.79 Å². The van der Waals surface area contributed by atoms with Gasteiger partial charge in [0.15, 0.2) is 0 Å². The molecule has 0 aliphatic carbocycles. The predicted molar refractivity (Wildman–Crippen MR) is 66.7 cm³/mol. The second kappa shape index (κ2) is 6.44. The fraction of sp³-hybridized carbons (Fsp3) is 0.615. The van der Waals surface area contributed by atoms with Crippen LogP contribution in [-0.4, -0.2) is 40.0 Å². The van der Waals surface area contributed by atoms with Gasteiger partial charge in [0.1, 0.15) is 6.04 Å². The number of rotatable bonds is 4. The maximum absolute atomic E-state index is 11.9. The number of carbonyl (C=O) groups is 1. The molecule has 98 valence electrons. The summed E-state index contributed by atoms with van der Waals surface area (Å²) in [6.45, 7) is 3.86. The van der Waals surface area contributed by atoms with Gasteiger partial charge < -0.3 is 4.74 Å². The molecule has 1 aliphatic heterocycles. The molecule has 0 N–H and O–H groups in total. The van der Waals surface area contributed by atoms with E-state index in [1.54, 1.807) is 18.6 Å². The number of hydrogen-bond donors (Lipinski definition) is 0. The lowest BCUT2D eigenvalue weighted by Crippen LogP contribution is -2.45. The Labute approximate surface area is 107 Å². The summed E-state index contributed by atoms with van der Waals surface area (Å²) in [4.78, 5) is 22.4. The van der Waals surface area contributed by atoms with Crippen molar-refractivity contribution >= 4 is 5.97 Å². The van der Waals surface area contributed by atoms with E-state index in [4.69, 9.17) is 4.74 Å². The smallest absolute Gasteiger partial charge is 0.323 e. The first kappa shape index (κ1) is 13.0. The maximum atomic E-state index is 11.9. The first-order valence-corrected chi connectivity index (χ1v) is 6.47. The zero-order chi connectivity index (χ0) is 12.8. The molecule has 5 nitrogen and oxygen atoms in total. The zero-order valence-corrected chi connectivity index (χ0v) is 10.7. The van der Waals surface area contributed by atoms with Gasteiger partial charge in [-0.2, -0.15) is 0 Å². The fourth-order valence-corrected chi connectivity index (χ4v) is 2.31. The van der Waals surface area contributed by atoms with Gasteiger partial charge in [-0.25, -0.2) is 0 Å². The molecule has 2 rings (SSSR count). The van der Waals surface area contributed by atoms with Crippen LogP contribution in [0.25, 0.3) is 0 Å². The molecule has 1 atom stereocenters. The molecule has 1 aromatic rings. The average molecular weight is 249 g/mol. The standard InChI is InChI=1S/C13H19N3O2/c1-2-18-13(17)12-5-3-4-8-16(12)10-11-9-14-6-7-15-11/h6-7,9,12H,2-5,8,10H2,1H3. The van der Waals surface area contributed by atoms with E-state index in [-0.39, 0.29) is 12.0 Å². The van der Waals surface area contributed by atoms with Crippen molar-refractivity contribution in [2.45, 2.75) is 38.8 Å². The van der Waals surface area contributed by atoms with Crippen molar-refractivity contribution in [3.8, 4) is 0 Å². The summed E-state index contributed by atoms with van der Waals surface area (Å²) in [6, 6.07) is -0.124. The summed E-state index contributed by atoms with van der Waals surface area (Å²) in [6.07, 6.45) is 8.16. The first-order chi connectivity index (χ1) is 8.81. The van der Waals surface area contributed by atoms with Gasteiger partial charge in [0.25, 0.3) is 0 Å². The number of aromatic nitrogens is 2. The van der Waals surface area contributed by atoms with E-state index in [1.807, 2.05) is 6.92 Å². The van der Waals surface area contributed by atoms with Gasteiger partial charge in [-0.1, -0.05) is 6.42 Å². The number of carbonyl (C=O) groups excluding carboxylic acids is 1. The second-order valence-corrected chi connectivity index (χ2v) is 4.43. The molecule has 1 aliphatic rings. The number of esters is 1. The lowest BCUT2D eigenvalue weighted by molar-refractivity contribution is -0.151. The monoisotopic (exact) mass is 249 g/mol. The third-order valence-corrected chi connectivity index (χ3v) is 3.15. The van der Waals surface area contributed by atoms with Crippen LogP contribution in [0.2, 0.25) is 0 Å².